The molecule has 1 fully saturated rings. The lowest BCUT2D eigenvalue weighted by Gasteiger charge is -2.25. The van der Waals surface area contributed by atoms with Crippen molar-refractivity contribution in [2.45, 2.75) is 29.4 Å². The first-order valence-corrected chi connectivity index (χ1v) is 12.6. The van der Waals surface area contributed by atoms with Crippen molar-refractivity contribution >= 4 is 27.6 Å². The number of Topliss-reactive ketones (excluding diaryl/α,β-unsaturated/α-hetero) is 1. The maximum Gasteiger partial charge on any atom is 0.277 e. The van der Waals surface area contributed by atoms with Crippen molar-refractivity contribution in [3.05, 3.63) is 54.1 Å². The molecule has 32 heavy (non-hydrogen) atoms. The molecule has 168 valence electrons. The number of carbonyl (C=O) groups excluding carboxylic acids is 1. The summed E-state index contributed by atoms with van der Waals surface area (Å²) in [6.07, 6.45) is 2.79. The Hall–Kier alpha value is -2.69. The normalized spacial score (nSPS) is 14.9. The molecule has 0 bridgehead atoms. The highest BCUT2D eigenvalue weighted by Gasteiger charge is 2.26. The van der Waals surface area contributed by atoms with Crippen LogP contribution in [-0.2, 0) is 10.0 Å². The van der Waals surface area contributed by atoms with Crippen LogP contribution < -0.4 is 4.74 Å². The van der Waals surface area contributed by atoms with Gasteiger partial charge in [-0.15, -0.1) is 10.2 Å². The molecule has 10 heteroatoms. The molecule has 0 saturated carbocycles. The van der Waals surface area contributed by atoms with Crippen molar-refractivity contribution in [3.8, 4) is 17.2 Å². The Balaban J connectivity index is 1.47. The van der Waals surface area contributed by atoms with Crippen LogP contribution in [0.3, 0.4) is 0 Å². The molecule has 0 aliphatic carbocycles. The molecule has 3 aromatic rings. The Labute approximate surface area is 191 Å². The van der Waals surface area contributed by atoms with Crippen molar-refractivity contribution in [1.29, 1.82) is 0 Å². The molecule has 0 amide bonds. The molecule has 1 aromatic heterocycles. The minimum absolute atomic E-state index is 0.103. The third-order valence-electron chi connectivity index (χ3n) is 5.17. The quantitative estimate of drug-likeness (QED) is 0.359. The second-order valence-electron chi connectivity index (χ2n) is 7.28. The van der Waals surface area contributed by atoms with Gasteiger partial charge in [0.1, 0.15) is 5.75 Å². The van der Waals surface area contributed by atoms with Crippen LogP contribution in [0.1, 0.15) is 29.6 Å². The summed E-state index contributed by atoms with van der Waals surface area (Å²) in [5, 5.41) is 8.24. The van der Waals surface area contributed by atoms with Crippen LogP contribution in [0.2, 0.25) is 0 Å². The molecule has 0 unspecified atom stereocenters. The average molecular weight is 474 g/mol. The molecule has 1 aliphatic heterocycles. The van der Waals surface area contributed by atoms with E-state index in [1.807, 2.05) is 0 Å². The molecule has 0 spiro atoms. The number of piperidine rings is 1. The summed E-state index contributed by atoms with van der Waals surface area (Å²) >= 11 is 1.12. The number of hydrogen-bond donors (Lipinski definition) is 0. The van der Waals surface area contributed by atoms with Gasteiger partial charge in [-0.25, -0.2) is 8.42 Å². The average Bonchev–Trinajstić information content (AvgIpc) is 3.32. The largest absolute Gasteiger partial charge is 0.496 e. The molecule has 0 radical (unpaired) electrons. The van der Waals surface area contributed by atoms with E-state index in [1.165, 1.54) is 11.4 Å². The molecule has 2 aromatic carbocycles. The Morgan fingerprint density at radius 2 is 1.88 bits per heavy atom. The number of ketones is 1. The second-order valence-corrected chi connectivity index (χ2v) is 10.1. The fraction of sp³-hybridized carbons (Fsp3) is 0.318. The SMILES string of the molecule is COc1ccccc1C(=O)CSc1nnc(-c2cccc(S(=O)(=O)N3CCCCC3)c2)o1. The zero-order valence-electron chi connectivity index (χ0n) is 17.6. The van der Waals surface area contributed by atoms with Gasteiger partial charge in [-0.3, -0.25) is 4.79 Å². The maximum absolute atomic E-state index is 12.9. The Morgan fingerprint density at radius 3 is 2.66 bits per heavy atom. The summed E-state index contributed by atoms with van der Waals surface area (Å²) < 4.78 is 38.3. The van der Waals surface area contributed by atoms with Crippen LogP contribution >= 0.6 is 11.8 Å². The van der Waals surface area contributed by atoms with Crippen LogP contribution in [-0.4, -0.2) is 54.7 Å². The molecular formula is C22H23N3O5S2. The number of methoxy groups -OCH3 is 1. The van der Waals surface area contributed by atoms with Crippen LogP contribution in [0.4, 0.5) is 0 Å². The highest BCUT2D eigenvalue weighted by molar-refractivity contribution is 7.99. The lowest BCUT2D eigenvalue weighted by atomic mass is 10.1. The van der Waals surface area contributed by atoms with Crippen LogP contribution in [0.15, 0.2) is 63.1 Å². The smallest absolute Gasteiger partial charge is 0.277 e. The van der Waals surface area contributed by atoms with Gasteiger partial charge in [0.15, 0.2) is 5.78 Å². The highest BCUT2D eigenvalue weighted by Crippen LogP contribution is 2.28. The monoisotopic (exact) mass is 473 g/mol. The van der Waals surface area contributed by atoms with Gasteiger partial charge in [-0.2, -0.15) is 4.31 Å². The summed E-state index contributed by atoms with van der Waals surface area (Å²) in [6.45, 7) is 1.07. The number of benzene rings is 2. The maximum atomic E-state index is 12.9. The minimum Gasteiger partial charge on any atom is -0.496 e. The van der Waals surface area contributed by atoms with E-state index in [1.54, 1.807) is 48.5 Å². The van der Waals surface area contributed by atoms with Crippen molar-refractivity contribution in [1.82, 2.24) is 14.5 Å². The predicted molar refractivity (Wildman–Crippen MR) is 120 cm³/mol. The number of thioether (sulfide) groups is 1. The zero-order valence-corrected chi connectivity index (χ0v) is 19.2. The van der Waals surface area contributed by atoms with E-state index >= 15 is 0 Å². The lowest BCUT2D eigenvalue weighted by Crippen LogP contribution is -2.35. The summed E-state index contributed by atoms with van der Waals surface area (Å²) in [5.74, 6) is 0.691. The van der Waals surface area contributed by atoms with Crippen LogP contribution in [0.5, 0.6) is 5.75 Å². The summed E-state index contributed by atoms with van der Waals surface area (Å²) in [6, 6.07) is 13.5. The number of rotatable bonds is 8. The van der Waals surface area contributed by atoms with Gasteiger partial charge in [0.25, 0.3) is 5.22 Å². The Morgan fingerprint density at radius 1 is 1.09 bits per heavy atom. The summed E-state index contributed by atoms with van der Waals surface area (Å²) in [4.78, 5) is 12.7. The van der Waals surface area contributed by atoms with Crippen molar-refractivity contribution in [2.75, 3.05) is 26.0 Å². The first kappa shape index (κ1) is 22.5. The molecule has 0 N–H and O–H groups in total. The third-order valence-corrected chi connectivity index (χ3v) is 7.89. The Bertz CT molecular complexity index is 1200. The standard InChI is InChI=1S/C22H23N3O5S2/c1-29-20-11-4-3-10-18(20)19(26)15-31-22-24-23-21(30-22)16-8-7-9-17(14-16)32(27,28)25-12-5-2-6-13-25/h3-4,7-11,14H,2,5-6,12-13,15H2,1H3. The molecule has 8 nitrogen and oxygen atoms in total. The minimum atomic E-state index is -3.56. The number of sulfonamides is 1. The molecule has 1 saturated heterocycles. The molecule has 0 atom stereocenters. The lowest BCUT2D eigenvalue weighted by molar-refractivity contribution is 0.101. The van der Waals surface area contributed by atoms with Gasteiger partial charge < -0.3 is 9.15 Å². The fourth-order valence-electron chi connectivity index (χ4n) is 3.51. The number of ether oxygens (including phenoxy) is 1. The molecule has 1 aliphatic rings. The van der Waals surface area contributed by atoms with Gasteiger partial charge in [0.05, 0.1) is 23.3 Å². The van der Waals surface area contributed by atoms with E-state index in [-0.39, 0.29) is 27.5 Å². The topological polar surface area (TPSA) is 103 Å². The van der Waals surface area contributed by atoms with Crippen LogP contribution in [0, 0.1) is 0 Å². The van der Waals surface area contributed by atoms with E-state index < -0.39 is 10.0 Å². The first-order valence-electron chi connectivity index (χ1n) is 10.2. The Kier molecular flexibility index (Phi) is 6.92. The van der Waals surface area contributed by atoms with Gasteiger partial charge in [0.2, 0.25) is 15.9 Å². The third kappa shape index (κ3) is 4.87. The number of carbonyl (C=O) groups is 1. The summed E-state index contributed by atoms with van der Waals surface area (Å²) in [5.41, 5.74) is 0.997. The van der Waals surface area contributed by atoms with Gasteiger partial charge in [-0.05, 0) is 43.2 Å². The van der Waals surface area contributed by atoms with Crippen LogP contribution in [0.25, 0.3) is 11.5 Å². The van der Waals surface area contributed by atoms with Gasteiger partial charge in [-0.1, -0.05) is 36.4 Å². The van der Waals surface area contributed by atoms with Gasteiger partial charge >= 0.3 is 0 Å². The van der Waals surface area contributed by atoms with Crippen molar-refractivity contribution < 1.29 is 22.4 Å². The van der Waals surface area contributed by atoms with E-state index in [9.17, 15) is 13.2 Å². The molecule has 2 heterocycles. The number of hydrogen-bond acceptors (Lipinski definition) is 8. The van der Waals surface area contributed by atoms with Crippen molar-refractivity contribution in [3.63, 3.8) is 0 Å². The zero-order chi connectivity index (χ0) is 22.6. The number of para-hydroxylation sites is 1. The van der Waals surface area contributed by atoms with E-state index in [2.05, 4.69) is 10.2 Å². The van der Waals surface area contributed by atoms with Crippen molar-refractivity contribution in [2.24, 2.45) is 0 Å². The number of nitrogens with zero attached hydrogens (tertiary/aromatic N) is 3. The molecular weight excluding hydrogens is 450 g/mol. The van der Waals surface area contributed by atoms with E-state index in [0.29, 0.717) is 30.0 Å². The van der Waals surface area contributed by atoms with E-state index in [4.69, 9.17) is 9.15 Å². The summed E-state index contributed by atoms with van der Waals surface area (Å²) in [7, 11) is -2.05. The fourth-order valence-corrected chi connectivity index (χ4v) is 5.72. The first-order chi connectivity index (χ1) is 15.5. The second kappa shape index (κ2) is 9.85. The number of aromatic nitrogens is 2. The van der Waals surface area contributed by atoms with Gasteiger partial charge in [0, 0.05) is 18.7 Å². The highest BCUT2D eigenvalue weighted by atomic mass is 32.2. The predicted octanol–water partition coefficient (Wildman–Crippen LogP) is 3.89. The van der Waals surface area contributed by atoms with E-state index in [0.717, 1.165) is 31.0 Å². The molecule has 4 rings (SSSR count).